The highest BCUT2D eigenvalue weighted by Crippen LogP contribution is 2.20. The molecule has 1 aromatic carbocycles. The van der Waals surface area contributed by atoms with Gasteiger partial charge in [-0.25, -0.2) is 4.39 Å². The summed E-state index contributed by atoms with van der Waals surface area (Å²) in [6, 6.07) is 3.48. The van der Waals surface area contributed by atoms with Crippen LogP contribution in [0.25, 0.3) is 0 Å². The third-order valence-electron chi connectivity index (χ3n) is 2.04. The molecule has 0 aromatic heterocycles. The summed E-state index contributed by atoms with van der Waals surface area (Å²) in [6.45, 7) is 1.70. The number of hydrogen-bond acceptors (Lipinski definition) is 3. The fourth-order valence-electron chi connectivity index (χ4n) is 1.28. The van der Waals surface area contributed by atoms with E-state index in [1.807, 2.05) is 0 Å². The highest BCUT2D eigenvalue weighted by molar-refractivity contribution is 5.85. The van der Waals surface area contributed by atoms with Gasteiger partial charge in [-0.05, 0) is 18.6 Å². The van der Waals surface area contributed by atoms with Gasteiger partial charge in [0, 0.05) is 5.56 Å². The smallest absolute Gasteiger partial charge is 0.327 e. The summed E-state index contributed by atoms with van der Waals surface area (Å²) in [5, 5.41) is 0. The van der Waals surface area contributed by atoms with E-state index in [1.165, 1.54) is 13.2 Å². The zero-order valence-electron chi connectivity index (χ0n) is 8.49. The predicted molar refractivity (Wildman–Crippen MR) is 57.3 cm³/mol. The largest absolute Gasteiger partial charge is 0.468 e. The molecule has 0 amide bonds. The molecule has 2 N–H and O–H groups in total. The Kier molecular flexibility index (Phi) is 5.25. The molecule has 1 unspecified atom stereocenters. The Morgan fingerprint density at radius 1 is 1.53 bits per heavy atom. The maximum absolute atomic E-state index is 13.3. The summed E-state index contributed by atoms with van der Waals surface area (Å²) >= 11 is 0. The zero-order chi connectivity index (χ0) is 10.7. The molecule has 0 spiro atoms. The van der Waals surface area contributed by atoms with Crippen LogP contribution in [0.5, 0.6) is 0 Å². The van der Waals surface area contributed by atoms with Crippen molar-refractivity contribution in [1.82, 2.24) is 0 Å². The van der Waals surface area contributed by atoms with Gasteiger partial charge >= 0.3 is 5.97 Å². The molecular weight excluding hydrogens is 221 g/mol. The third kappa shape index (κ3) is 2.91. The van der Waals surface area contributed by atoms with Gasteiger partial charge in [-0.2, -0.15) is 0 Å². The molecule has 1 atom stereocenters. The number of methoxy groups -OCH3 is 1. The highest BCUT2D eigenvalue weighted by atomic mass is 35.5. The minimum Gasteiger partial charge on any atom is -0.468 e. The second-order valence-corrected chi connectivity index (χ2v) is 2.97. The Balaban J connectivity index is 0.00000196. The van der Waals surface area contributed by atoms with Crippen LogP contribution in [0.2, 0.25) is 0 Å². The van der Waals surface area contributed by atoms with Crippen molar-refractivity contribution in [3.05, 3.63) is 35.1 Å². The monoisotopic (exact) mass is 233 g/mol. The van der Waals surface area contributed by atoms with E-state index in [1.54, 1.807) is 19.1 Å². The quantitative estimate of drug-likeness (QED) is 0.792. The summed E-state index contributed by atoms with van der Waals surface area (Å²) in [6.07, 6.45) is 0. The average Bonchev–Trinajstić information content (AvgIpc) is 2.16. The number of aryl methyl sites for hydroxylation is 1. The number of rotatable bonds is 2. The van der Waals surface area contributed by atoms with Crippen molar-refractivity contribution in [2.45, 2.75) is 13.0 Å². The van der Waals surface area contributed by atoms with Crippen molar-refractivity contribution in [3.63, 3.8) is 0 Å². The standard InChI is InChI=1S/C10H12FNO2.ClH/c1-6-4-3-5-7(11)8(6)9(12)10(13)14-2;/h3-5,9H,12H2,1-2H3;1H. The summed E-state index contributed by atoms with van der Waals surface area (Å²) in [5.41, 5.74) is 6.37. The molecule has 5 heteroatoms. The summed E-state index contributed by atoms with van der Waals surface area (Å²) in [7, 11) is 1.22. The number of esters is 1. The van der Waals surface area contributed by atoms with E-state index in [9.17, 15) is 9.18 Å². The number of halogens is 2. The van der Waals surface area contributed by atoms with Gasteiger partial charge in [-0.3, -0.25) is 4.79 Å². The van der Waals surface area contributed by atoms with Gasteiger partial charge in [-0.15, -0.1) is 12.4 Å². The molecular formula is C10H13ClFNO2. The number of carbonyl (C=O) groups excluding carboxylic acids is 1. The van der Waals surface area contributed by atoms with E-state index in [2.05, 4.69) is 4.74 Å². The molecule has 0 fully saturated rings. The highest BCUT2D eigenvalue weighted by Gasteiger charge is 2.21. The zero-order valence-corrected chi connectivity index (χ0v) is 9.31. The molecule has 0 radical (unpaired) electrons. The average molecular weight is 234 g/mol. The molecule has 0 saturated carbocycles. The Morgan fingerprint density at radius 2 is 2.13 bits per heavy atom. The van der Waals surface area contributed by atoms with Crippen LogP contribution in [0.1, 0.15) is 17.2 Å². The van der Waals surface area contributed by atoms with Gasteiger partial charge in [0.2, 0.25) is 0 Å². The lowest BCUT2D eigenvalue weighted by atomic mass is 10.0. The van der Waals surface area contributed by atoms with Gasteiger partial charge in [0.1, 0.15) is 11.9 Å². The lowest BCUT2D eigenvalue weighted by molar-refractivity contribution is -0.142. The first-order chi connectivity index (χ1) is 6.57. The van der Waals surface area contributed by atoms with Crippen molar-refractivity contribution in [2.75, 3.05) is 7.11 Å². The van der Waals surface area contributed by atoms with E-state index >= 15 is 0 Å². The number of benzene rings is 1. The van der Waals surface area contributed by atoms with Crippen LogP contribution < -0.4 is 5.73 Å². The summed E-state index contributed by atoms with van der Waals surface area (Å²) in [4.78, 5) is 11.1. The van der Waals surface area contributed by atoms with Crippen LogP contribution in [0, 0.1) is 12.7 Å². The van der Waals surface area contributed by atoms with Crippen LogP contribution in [-0.2, 0) is 9.53 Å². The lowest BCUT2D eigenvalue weighted by Crippen LogP contribution is -2.24. The fourth-order valence-corrected chi connectivity index (χ4v) is 1.28. The van der Waals surface area contributed by atoms with Crippen LogP contribution in [0.4, 0.5) is 4.39 Å². The number of hydrogen-bond donors (Lipinski definition) is 1. The predicted octanol–water partition coefficient (Wildman–Crippen LogP) is 1.73. The van der Waals surface area contributed by atoms with Crippen LogP contribution in [0.15, 0.2) is 18.2 Å². The normalized spacial score (nSPS) is 11.5. The molecule has 3 nitrogen and oxygen atoms in total. The first-order valence-corrected chi connectivity index (χ1v) is 4.16. The van der Waals surface area contributed by atoms with Gasteiger partial charge in [0.05, 0.1) is 7.11 Å². The first kappa shape index (κ1) is 13.9. The minimum absolute atomic E-state index is 0. The maximum Gasteiger partial charge on any atom is 0.327 e. The second kappa shape index (κ2) is 5.68. The maximum atomic E-state index is 13.3. The van der Waals surface area contributed by atoms with Crippen LogP contribution in [-0.4, -0.2) is 13.1 Å². The van der Waals surface area contributed by atoms with Crippen LogP contribution >= 0.6 is 12.4 Å². The van der Waals surface area contributed by atoms with Gasteiger partial charge in [-0.1, -0.05) is 12.1 Å². The van der Waals surface area contributed by atoms with Crippen molar-refractivity contribution in [2.24, 2.45) is 5.73 Å². The molecule has 15 heavy (non-hydrogen) atoms. The minimum atomic E-state index is -1.05. The van der Waals surface area contributed by atoms with E-state index in [0.717, 1.165) is 0 Å². The molecule has 0 aliphatic carbocycles. The van der Waals surface area contributed by atoms with Gasteiger partial charge < -0.3 is 10.5 Å². The number of nitrogens with two attached hydrogens (primary N) is 1. The lowest BCUT2D eigenvalue weighted by Gasteiger charge is -2.12. The van der Waals surface area contributed by atoms with E-state index in [0.29, 0.717) is 5.56 Å². The Labute approximate surface area is 93.8 Å². The number of ether oxygens (including phenoxy) is 1. The molecule has 0 heterocycles. The Morgan fingerprint density at radius 3 is 2.60 bits per heavy atom. The molecule has 0 aliphatic heterocycles. The molecule has 0 bridgehead atoms. The van der Waals surface area contributed by atoms with E-state index in [-0.39, 0.29) is 18.0 Å². The van der Waals surface area contributed by atoms with Crippen molar-refractivity contribution >= 4 is 18.4 Å². The Hall–Kier alpha value is -1.13. The molecule has 84 valence electrons. The molecule has 1 aromatic rings. The topological polar surface area (TPSA) is 52.3 Å². The molecule has 1 rings (SSSR count). The summed E-state index contributed by atoms with van der Waals surface area (Å²) in [5.74, 6) is -1.12. The molecule has 0 aliphatic rings. The van der Waals surface area contributed by atoms with Crippen LogP contribution in [0.3, 0.4) is 0 Å². The van der Waals surface area contributed by atoms with Crippen molar-refractivity contribution < 1.29 is 13.9 Å². The first-order valence-electron chi connectivity index (χ1n) is 4.16. The SMILES string of the molecule is COC(=O)C(N)c1c(C)cccc1F.Cl. The van der Waals surface area contributed by atoms with Gasteiger partial charge in [0.25, 0.3) is 0 Å². The summed E-state index contributed by atoms with van der Waals surface area (Å²) < 4.78 is 17.8. The Bertz CT molecular complexity index is 337. The van der Waals surface area contributed by atoms with Crippen molar-refractivity contribution in [1.29, 1.82) is 0 Å². The van der Waals surface area contributed by atoms with E-state index in [4.69, 9.17) is 5.73 Å². The van der Waals surface area contributed by atoms with E-state index < -0.39 is 17.8 Å². The van der Waals surface area contributed by atoms with Gasteiger partial charge in [0.15, 0.2) is 0 Å². The third-order valence-corrected chi connectivity index (χ3v) is 2.04. The fraction of sp³-hybridized carbons (Fsp3) is 0.300. The second-order valence-electron chi connectivity index (χ2n) is 2.97. The van der Waals surface area contributed by atoms with Crippen molar-refractivity contribution in [3.8, 4) is 0 Å². The molecule has 0 saturated heterocycles. The number of carbonyl (C=O) groups is 1.